The summed E-state index contributed by atoms with van der Waals surface area (Å²) in [5.74, 6) is 0.401. The minimum Gasteiger partial charge on any atom is -0.495 e. The molecule has 0 aliphatic carbocycles. The number of aryl methyl sites for hydroxylation is 3. The number of nitrogens with one attached hydrogen (secondary N) is 1. The molecule has 0 bridgehead atoms. The summed E-state index contributed by atoms with van der Waals surface area (Å²) in [5.41, 5.74) is 6.42. The van der Waals surface area contributed by atoms with Crippen LogP contribution in [0.3, 0.4) is 0 Å². The van der Waals surface area contributed by atoms with Gasteiger partial charge < -0.3 is 9.72 Å². The van der Waals surface area contributed by atoms with Crippen molar-refractivity contribution in [3.63, 3.8) is 0 Å². The number of ether oxygens (including phenoxy) is 1. The van der Waals surface area contributed by atoms with Crippen molar-refractivity contribution in [3.05, 3.63) is 58.3 Å². The van der Waals surface area contributed by atoms with Crippen molar-refractivity contribution in [2.75, 3.05) is 13.7 Å². The third kappa shape index (κ3) is 2.93. The standard InChI is InChI=1S/C21H24N2O3S/c1-13-5-6-16-17-12-23(8-7-18(17)22-19(16)9-13)27(24,25)21-11-15(3)14(2)10-20(21)26-4/h5-6,9-11,22H,7-8,12H2,1-4H3. The highest BCUT2D eigenvalue weighted by atomic mass is 32.2. The number of hydrogen-bond donors (Lipinski definition) is 1. The second kappa shape index (κ2) is 6.39. The fourth-order valence-corrected chi connectivity index (χ4v) is 5.41. The molecule has 0 spiro atoms. The average molecular weight is 385 g/mol. The first-order valence-electron chi connectivity index (χ1n) is 9.06. The highest BCUT2D eigenvalue weighted by Crippen LogP contribution is 2.34. The first-order valence-corrected chi connectivity index (χ1v) is 10.5. The van der Waals surface area contributed by atoms with Crippen LogP contribution in [-0.2, 0) is 23.0 Å². The topological polar surface area (TPSA) is 62.4 Å². The van der Waals surface area contributed by atoms with E-state index in [1.807, 2.05) is 13.8 Å². The zero-order valence-corrected chi connectivity index (χ0v) is 16.9. The summed E-state index contributed by atoms with van der Waals surface area (Å²) in [6.07, 6.45) is 0.676. The van der Waals surface area contributed by atoms with Crippen molar-refractivity contribution >= 4 is 20.9 Å². The quantitative estimate of drug-likeness (QED) is 0.746. The van der Waals surface area contributed by atoms with E-state index in [0.717, 1.165) is 33.3 Å². The lowest BCUT2D eigenvalue weighted by Gasteiger charge is -2.27. The molecule has 2 aromatic carbocycles. The van der Waals surface area contributed by atoms with Gasteiger partial charge in [0.25, 0.3) is 0 Å². The molecule has 0 atom stereocenters. The Morgan fingerprint density at radius 3 is 2.56 bits per heavy atom. The predicted octanol–water partition coefficient (Wildman–Crippen LogP) is 3.85. The van der Waals surface area contributed by atoms with E-state index in [1.165, 1.54) is 12.7 Å². The van der Waals surface area contributed by atoms with Crippen LogP contribution in [0.4, 0.5) is 0 Å². The first-order chi connectivity index (χ1) is 12.8. The first kappa shape index (κ1) is 18.1. The Balaban J connectivity index is 1.77. The fraction of sp³-hybridized carbons (Fsp3) is 0.333. The average Bonchev–Trinajstić information content (AvgIpc) is 2.99. The number of fused-ring (bicyclic) bond motifs is 3. The molecule has 1 aliphatic heterocycles. The largest absolute Gasteiger partial charge is 0.495 e. The second-order valence-corrected chi connectivity index (χ2v) is 9.21. The summed E-state index contributed by atoms with van der Waals surface area (Å²) >= 11 is 0. The van der Waals surface area contributed by atoms with Gasteiger partial charge in [-0.1, -0.05) is 12.1 Å². The van der Waals surface area contributed by atoms with Crippen molar-refractivity contribution in [3.8, 4) is 5.75 Å². The summed E-state index contributed by atoms with van der Waals surface area (Å²) in [6, 6.07) is 9.77. The Bertz CT molecular complexity index is 1150. The zero-order valence-electron chi connectivity index (χ0n) is 16.1. The Labute approximate surface area is 160 Å². The molecule has 6 heteroatoms. The molecule has 0 amide bonds. The van der Waals surface area contributed by atoms with Gasteiger partial charge in [-0.15, -0.1) is 0 Å². The molecule has 1 aromatic heterocycles. The van der Waals surface area contributed by atoms with Gasteiger partial charge in [0.2, 0.25) is 10.0 Å². The number of methoxy groups -OCH3 is 1. The van der Waals surface area contributed by atoms with E-state index in [-0.39, 0.29) is 4.90 Å². The van der Waals surface area contributed by atoms with Crippen molar-refractivity contribution < 1.29 is 13.2 Å². The van der Waals surface area contributed by atoms with Gasteiger partial charge in [-0.3, -0.25) is 0 Å². The van der Waals surface area contributed by atoms with Crippen LogP contribution < -0.4 is 4.74 Å². The number of nitrogens with zero attached hydrogens (tertiary/aromatic N) is 1. The molecule has 142 valence electrons. The van der Waals surface area contributed by atoms with Crippen LogP contribution in [0.15, 0.2) is 35.2 Å². The van der Waals surface area contributed by atoms with Crippen LogP contribution >= 0.6 is 0 Å². The van der Waals surface area contributed by atoms with Gasteiger partial charge >= 0.3 is 0 Å². The van der Waals surface area contributed by atoms with Gasteiger partial charge in [-0.25, -0.2) is 8.42 Å². The summed E-state index contributed by atoms with van der Waals surface area (Å²) in [7, 11) is -2.13. The number of sulfonamides is 1. The molecule has 1 N–H and O–H groups in total. The minimum atomic E-state index is -3.65. The monoisotopic (exact) mass is 384 g/mol. The van der Waals surface area contributed by atoms with Crippen molar-refractivity contribution in [1.29, 1.82) is 0 Å². The van der Waals surface area contributed by atoms with Gasteiger partial charge in [-0.05, 0) is 61.2 Å². The number of rotatable bonds is 3. The molecule has 2 heterocycles. The molecule has 0 fully saturated rings. The lowest BCUT2D eigenvalue weighted by atomic mass is 10.1. The van der Waals surface area contributed by atoms with E-state index >= 15 is 0 Å². The van der Waals surface area contributed by atoms with Gasteiger partial charge in [-0.2, -0.15) is 4.31 Å². The minimum absolute atomic E-state index is 0.243. The maximum Gasteiger partial charge on any atom is 0.247 e. The molecule has 27 heavy (non-hydrogen) atoms. The second-order valence-electron chi connectivity index (χ2n) is 7.31. The molecule has 1 aliphatic rings. The van der Waals surface area contributed by atoms with Gasteiger partial charge in [0, 0.05) is 36.1 Å². The molecule has 0 unspecified atom stereocenters. The van der Waals surface area contributed by atoms with Crippen LogP contribution in [0.25, 0.3) is 10.9 Å². The van der Waals surface area contributed by atoms with E-state index in [1.54, 1.807) is 16.4 Å². The third-order valence-corrected chi connectivity index (χ3v) is 7.36. The molecule has 0 saturated heterocycles. The van der Waals surface area contributed by atoms with Crippen LogP contribution in [0.5, 0.6) is 5.75 Å². The van der Waals surface area contributed by atoms with E-state index in [0.29, 0.717) is 25.3 Å². The van der Waals surface area contributed by atoms with E-state index in [4.69, 9.17) is 4.74 Å². The Kier molecular flexibility index (Phi) is 4.28. The molecule has 4 rings (SSSR count). The highest BCUT2D eigenvalue weighted by Gasteiger charge is 2.32. The van der Waals surface area contributed by atoms with Crippen molar-refractivity contribution in [2.45, 2.75) is 38.6 Å². The molecular formula is C21H24N2O3S. The molecule has 0 saturated carbocycles. The van der Waals surface area contributed by atoms with E-state index in [9.17, 15) is 8.42 Å². The SMILES string of the molecule is COc1cc(C)c(C)cc1S(=O)(=O)N1CCc2[nH]c3cc(C)ccc3c2C1. The summed E-state index contributed by atoms with van der Waals surface area (Å²) in [4.78, 5) is 3.70. The smallest absolute Gasteiger partial charge is 0.247 e. The molecule has 3 aromatic rings. The number of hydrogen-bond acceptors (Lipinski definition) is 3. The van der Waals surface area contributed by atoms with Gasteiger partial charge in [0.05, 0.1) is 7.11 Å². The van der Waals surface area contributed by atoms with Crippen LogP contribution in [0.2, 0.25) is 0 Å². The van der Waals surface area contributed by atoms with Crippen LogP contribution in [0, 0.1) is 20.8 Å². The fourth-order valence-electron chi connectivity index (χ4n) is 3.78. The Hall–Kier alpha value is -2.31. The Morgan fingerprint density at radius 2 is 1.81 bits per heavy atom. The van der Waals surface area contributed by atoms with E-state index < -0.39 is 10.0 Å². The number of benzene rings is 2. The number of aromatic amines is 1. The van der Waals surface area contributed by atoms with Gasteiger partial charge in [0.15, 0.2) is 0 Å². The van der Waals surface area contributed by atoms with Crippen molar-refractivity contribution in [1.82, 2.24) is 9.29 Å². The summed E-state index contributed by atoms with van der Waals surface area (Å²) in [5, 5.41) is 1.10. The summed E-state index contributed by atoms with van der Waals surface area (Å²) in [6.45, 7) is 6.76. The normalized spacial score (nSPS) is 15.1. The maximum atomic E-state index is 13.4. The Morgan fingerprint density at radius 1 is 1.07 bits per heavy atom. The predicted molar refractivity (Wildman–Crippen MR) is 107 cm³/mol. The molecular weight excluding hydrogens is 360 g/mol. The zero-order chi connectivity index (χ0) is 19.3. The summed E-state index contributed by atoms with van der Waals surface area (Å²) < 4.78 is 33.7. The third-order valence-electron chi connectivity index (χ3n) is 5.49. The van der Waals surface area contributed by atoms with Crippen LogP contribution in [-0.4, -0.2) is 31.4 Å². The van der Waals surface area contributed by atoms with E-state index in [2.05, 4.69) is 30.1 Å². The van der Waals surface area contributed by atoms with Crippen molar-refractivity contribution in [2.24, 2.45) is 0 Å². The highest BCUT2D eigenvalue weighted by molar-refractivity contribution is 7.89. The maximum absolute atomic E-state index is 13.4. The lowest BCUT2D eigenvalue weighted by molar-refractivity contribution is 0.377. The van der Waals surface area contributed by atoms with Crippen LogP contribution in [0.1, 0.15) is 27.9 Å². The lowest BCUT2D eigenvalue weighted by Crippen LogP contribution is -2.36. The number of H-pyrrole nitrogens is 1. The molecule has 0 radical (unpaired) electrons. The molecule has 5 nitrogen and oxygen atoms in total. The number of aromatic nitrogens is 1. The van der Waals surface area contributed by atoms with Gasteiger partial charge in [0.1, 0.15) is 10.6 Å².